The van der Waals surface area contributed by atoms with E-state index in [1.54, 1.807) is 14.2 Å². The first kappa shape index (κ1) is 19.4. The normalized spacial score (nSPS) is 15.3. The van der Waals surface area contributed by atoms with Crippen molar-refractivity contribution < 1.29 is 14.3 Å². The average molecular weight is 349 g/mol. The maximum atomic E-state index is 12.3. The summed E-state index contributed by atoms with van der Waals surface area (Å²) in [6.07, 6.45) is 1.94. The fourth-order valence-electron chi connectivity index (χ4n) is 3.11. The van der Waals surface area contributed by atoms with Crippen LogP contribution in [0.1, 0.15) is 32.3 Å². The largest absolute Gasteiger partial charge is 0.497 e. The first-order valence-electron chi connectivity index (χ1n) is 9.09. The Morgan fingerprint density at radius 2 is 1.80 bits per heavy atom. The smallest absolute Gasteiger partial charge is 0.317 e. The Labute approximate surface area is 151 Å². The van der Waals surface area contributed by atoms with Gasteiger partial charge in [0, 0.05) is 44.3 Å². The predicted octanol–water partition coefficient (Wildman–Crippen LogP) is 2.72. The number of amides is 2. The zero-order valence-electron chi connectivity index (χ0n) is 15.9. The first-order valence-corrected chi connectivity index (χ1v) is 9.09. The highest BCUT2D eigenvalue weighted by atomic mass is 16.5. The molecule has 1 aliphatic heterocycles. The van der Waals surface area contributed by atoms with Gasteiger partial charge in [0.1, 0.15) is 11.5 Å². The van der Waals surface area contributed by atoms with Crippen molar-refractivity contribution >= 4 is 6.03 Å². The van der Waals surface area contributed by atoms with Crippen LogP contribution in [0, 0.1) is 0 Å². The molecule has 0 aliphatic carbocycles. The summed E-state index contributed by atoms with van der Waals surface area (Å²) in [4.78, 5) is 16.6. The molecular weight excluding hydrogens is 318 g/mol. The number of carbonyl (C=O) groups excluding carboxylic acids is 1. The molecule has 1 fully saturated rings. The Bertz CT molecular complexity index is 553. The van der Waals surface area contributed by atoms with Gasteiger partial charge < -0.3 is 19.7 Å². The lowest BCUT2D eigenvalue weighted by Gasteiger charge is -2.35. The highest BCUT2D eigenvalue weighted by Gasteiger charge is 2.23. The third kappa shape index (κ3) is 5.26. The highest BCUT2D eigenvalue weighted by molar-refractivity contribution is 5.74. The van der Waals surface area contributed by atoms with Crippen LogP contribution in [0.2, 0.25) is 0 Å². The number of hydrogen-bond donors (Lipinski definition) is 1. The van der Waals surface area contributed by atoms with E-state index in [1.165, 1.54) is 0 Å². The van der Waals surface area contributed by atoms with Crippen LogP contribution in [0.4, 0.5) is 4.79 Å². The quantitative estimate of drug-likeness (QED) is 0.822. The van der Waals surface area contributed by atoms with Crippen LogP contribution in [0.25, 0.3) is 0 Å². The molecule has 0 aromatic heterocycles. The summed E-state index contributed by atoms with van der Waals surface area (Å²) in [6, 6.07) is 6.19. The number of nitrogens with zero attached hydrogens (tertiary/aromatic N) is 2. The number of nitrogens with one attached hydrogen (secondary N) is 1. The van der Waals surface area contributed by atoms with Crippen LogP contribution >= 0.6 is 0 Å². The van der Waals surface area contributed by atoms with Crippen molar-refractivity contribution in [1.82, 2.24) is 15.1 Å². The minimum atomic E-state index is 0.0623. The van der Waals surface area contributed by atoms with E-state index >= 15 is 0 Å². The van der Waals surface area contributed by atoms with E-state index in [4.69, 9.17) is 9.47 Å². The molecule has 6 nitrogen and oxygen atoms in total. The van der Waals surface area contributed by atoms with Crippen LogP contribution in [0.15, 0.2) is 18.2 Å². The minimum absolute atomic E-state index is 0.0623. The minimum Gasteiger partial charge on any atom is -0.497 e. The number of urea groups is 1. The van der Waals surface area contributed by atoms with Gasteiger partial charge in [-0.25, -0.2) is 4.79 Å². The molecule has 1 N–H and O–H groups in total. The van der Waals surface area contributed by atoms with Gasteiger partial charge in [0.15, 0.2) is 0 Å². The predicted molar refractivity (Wildman–Crippen MR) is 99.3 cm³/mol. The summed E-state index contributed by atoms with van der Waals surface area (Å²) >= 11 is 0. The number of methoxy groups -OCH3 is 2. The lowest BCUT2D eigenvalue weighted by Crippen LogP contribution is -2.53. The van der Waals surface area contributed by atoms with Crippen molar-refractivity contribution in [2.24, 2.45) is 0 Å². The number of carbonyl (C=O) groups is 1. The van der Waals surface area contributed by atoms with Crippen molar-refractivity contribution in [3.63, 3.8) is 0 Å². The van der Waals surface area contributed by atoms with E-state index in [0.29, 0.717) is 0 Å². The van der Waals surface area contributed by atoms with Crippen LogP contribution < -0.4 is 14.8 Å². The van der Waals surface area contributed by atoms with Crippen molar-refractivity contribution in [3.8, 4) is 11.5 Å². The third-order valence-corrected chi connectivity index (χ3v) is 4.85. The van der Waals surface area contributed by atoms with Gasteiger partial charge in [-0.1, -0.05) is 13.8 Å². The zero-order chi connectivity index (χ0) is 18.2. The van der Waals surface area contributed by atoms with Gasteiger partial charge in [-0.3, -0.25) is 4.90 Å². The van der Waals surface area contributed by atoms with E-state index < -0.39 is 0 Å². The topological polar surface area (TPSA) is 54.0 Å². The van der Waals surface area contributed by atoms with Gasteiger partial charge in [0.25, 0.3) is 0 Å². The zero-order valence-corrected chi connectivity index (χ0v) is 15.9. The van der Waals surface area contributed by atoms with E-state index in [0.717, 1.165) is 62.6 Å². The summed E-state index contributed by atoms with van der Waals surface area (Å²) < 4.78 is 10.8. The fourth-order valence-corrected chi connectivity index (χ4v) is 3.11. The first-order chi connectivity index (χ1) is 12.1. The number of hydrogen-bond acceptors (Lipinski definition) is 4. The molecule has 1 aromatic rings. The van der Waals surface area contributed by atoms with Gasteiger partial charge in [0.05, 0.1) is 14.2 Å². The number of ether oxygens (including phenoxy) is 2. The number of piperazine rings is 1. The van der Waals surface area contributed by atoms with E-state index in [1.807, 2.05) is 23.1 Å². The molecule has 0 spiro atoms. The third-order valence-electron chi connectivity index (χ3n) is 4.85. The molecule has 2 rings (SSSR count). The summed E-state index contributed by atoms with van der Waals surface area (Å²) in [6.45, 7) is 8.22. The van der Waals surface area contributed by atoms with E-state index in [2.05, 4.69) is 24.1 Å². The lowest BCUT2D eigenvalue weighted by molar-refractivity contribution is 0.132. The van der Waals surface area contributed by atoms with E-state index in [9.17, 15) is 4.79 Å². The second-order valence-electron chi connectivity index (χ2n) is 6.40. The summed E-state index contributed by atoms with van der Waals surface area (Å²) in [5.41, 5.74) is 1.11. The molecule has 1 aromatic carbocycles. The SMILES string of the molecule is CCC(CC)NC(=O)N1CCN(Cc2cc(OC)ccc2OC)CC1. The molecule has 0 saturated carbocycles. The van der Waals surface area contributed by atoms with Gasteiger partial charge in [-0.15, -0.1) is 0 Å². The van der Waals surface area contributed by atoms with Crippen molar-refractivity contribution in [1.29, 1.82) is 0 Å². The Morgan fingerprint density at radius 1 is 1.12 bits per heavy atom. The average Bonchev–Trinajstić information content (AvgIpc) is 2.66. The Morgan fingerprint density at radius 3 is 2.36 bits per heavy atom. The molecule has 2 amide bonds. The van der Waals surface area contributed by atoms with Crippen molar-refractivity contribution in [3.05, 3.63) is 23.8 Å². The second kappa shape index (κ2) is 9.51. The molecule has 6 heteroatoms. The monoisotopic (exact) mass is 349 g/mol. The van der Waals surface area contributed by atoms with Crippen LogP contribution in [-0.2, 0) is 6.54 Å². The highest BCUT2D eigenvalue weighted by Crippen LogP contribution is 2.25. The lowest BCUT2D eigenvalue weighted by atomic mass is 10.1. The molecule has 0 atom stereocenters. The van der Waals surface area contributed by atoms with Crippen LogP contribution in [0.5, 0.6) is 11.5 Å². The maximum Gasteiger partial charge on any atom is 0.317 e. The summed E-state index contributed by atoms with van der Waals surface area (Å²) in [7, 11) is 3.36. The summed E-state index contributed by atoms with van der Waals surface area (Å²) in [5, 5.41) is 3.12. The molecule has 0 radical (unpaired) electrons. The van der Waals surface area contributed by atoms with Crippen molar-refractivity contribution in [2.45, 2.75) is 39.3 Å². The van der Waals surface area contributed by atoms with Gasteiger partial charge in [-0.2, -0.15) is 0 Å². The summed E-state index contributed by atoms with van der Waals surface area (Å²) in [5.74, 6) is 1.70. The van der Waals surface area contributed by atoms with Crippen molar-refractivity contribution in [2.75, 3.05) is 40.4 Å². The standard InChI is InChI=1S/C19H31N3O3/c1-5-16(6-2)20-19(23)22-11-9-21(10-12-22)14-15-13-17(24-3)7-8-18(15)25-4/h7-8,13,16H,5-6,9-12,14H2,1-4H3,(H,20,23). The second-order valence-corrected chi connectivity index (χ2v) is 6.40. The Balaban J connectivity index is 1.89. The molecule has 1 aliphatic rings. The molecule has 1 heterocycles. The molecule has 140 valence electrons. The number of rotatable bonds is 7. The number of benzene rings is 1. The van der Waals surface area contributed by atoms with E-state index in [-0.39, 0.29) is 12.1 Å². The fraction of sp³-hybridized carbons (Fsp3) is 0.632. The van der Waals surface area contributed by atoms with Gasteiger partial charge in [-0.05, 0) is 31.0 Å². The van der Waals surface area contributed by atoms with Gasteiger partial charge >= 0.3 is 6.03 Å². The van der Waals surface area contributed by atoms with Crippen LogP contribution in [0.3, 0.4) is 0 Å². The van der Waals surface area contributed by atoms with Gasteiger partial charge in [0.2, 0.25) is 0 Å². The molecular formula is C19H31N3O3. The molecule has 0 unspecified atom stereocenters. The molecule has 0 bridgehead atoms. The molecule has 25 heavy (non-hydrogen) atoms. The Kier molecular flexibility index (Phi) is 7.37. The van der Waals surface area contributed by atoms with Crippen LogP contribution in [-0.4, -0.2) is 62.3 Å². The molecule has 1 saturated heterocycles. The maximum absolute atomic E-state index is 12.3. The Hall–Kier alpha value is -1.95.